The van der Waals surface area contributed by atoms with E-state index in [4.69, 9.17) is 0 Å². The topological polar surface area (TPSA) is 44.8 Å². The van der Waals surface area contributed by atoms with Crippen LogP contribution in [0, 0.1) is 0 Å². The van der Waals surface area contributed by atoms with E-state index in [-0.39, 0.29) is 0 Å². The second-order valence-corrected chi connectivity index (χ2v) is 2.48. The maximum absolute atomic E-state index is 11.0. The highest BCUT2D eigenvalue weighted by molar-refractivity contribution is 7.48. The molecule has 0 aromatic rings. The Bertz CT molecular complexity index is 156. The van der Waals surface area contributed by atoms with Crippen molar-refractivity contribution in [3.8, 4) is 0 Å². The van der Waals surface area contributed by atoms with Gasteiger partial charge in [-0.05, 0) is 9.05 Å². The van der Waals surface area contributed by atoms with Gasteiger partial charge in [-0.1, -0.05) is 9.46 Å². The van der Waals surface area contributed by atoms with Gasteiger partial charge in [0, 0.05) is 0 Å². The maximum Gasteiger partial charge on any atom is 0.544 e. The van der Waals surface area contributed by atoms with Crippen molar-refractivity contribution in [1.29, 1.82) is 0 Å². The van der Waals surface area contributed by atoms with Crippen LogP contribution in [0.25, 0.3) is 0 Å². The summed E-state index contributed by atoms with van der Waals surface area (Å²) in [6.07, 6.45) is -5.51. The van der Waals surface area contributed by atoms with Crippen LogP contribution in [0.1, 0.15) is 0 Å². The van der Waals surface area contributed by atoms with Gasteiger partial charge >= 0.3 is 14.2 Å². The van der Waals surface area contributed by atoms with Crippen molar-refractivity contribution in [1.82, 2.24) is 0 Å². The summed E-state index contributed by atoms with van der Waals surface area (Å²) in [4.78, 5) is 0. The molecule has 0 spiro atoms. The molecule has 68 valence electrons. The Morgan fingerprint density at radius 2 is 1.45 bits per heavy atom. The number of phosphoric acid groups is 1. The third kappa shape index (κ3) is 4.25. The van der Waals surface area contributed by atoms with Crippen LogP contribution in [0.15, 0.2) is 0 Å². The normalized spacial score (nSPS) is 13.5. The molecule has 0 aliphatic heterocycles. The summed E-state index contributed by atoms with van der Waals surface area (Å²) in [5.74, 6) is 0. The van der Waals surface area contributed by atoms with Crippen LogP contribution in [-0.4, -0.2) is 6.36 Å². The van der Waals surface area contributed by atoms with Crippen LogP contribution in [0.2, 0.25) is 0 Å². The Balaban J connectivity index is 4.21. The Kier molecular flexibility index (Phi) is 3.36. The monoisotopic (exact) mass is 202 g/mol. The largest absolute Gasteiger partial charge is 0.544 e. The molecule has 0 heterocycles. The van der Waals surface area contributed by atoms with Gasteiger partial charge in [0.1, 0.15) is 0 Å². The van der Waals surface area contributed by atoms with E-state index in [1.165, 1.54) is 0 Å². The summed E-state index contributed by atoms with van der Waals surface area (Å²) >= 11 is 0. The molecule has 0 rings (SSSR count). The molecule has 0 aliphatic carbocycles. The lowest BCUT2D eigenvalue weighted by Gasteiger charge is -2.08. The van der Waals surface area contributed by atoms with Crippen molar-refractivity contribution in [3.05, 3.63) is 0 Å². The Morgan fingerprint density at radius 3 is 1.55 bits per heavy atom. The molecule has 0 unspecified atom stereocenters. The van der Waals surface area contributed by atoms with Gasteiger partial charge in [0.15, 0.2) is 0 Å². The SMILES string of the molecule is O=P(OF)(OF)OC(F)(F)F. The standard InChI is InChI=1S/CF5O4P/c2-1(3,4)8-11(7,9-5)10-6. The molecule has 4 nitrogen and oxygen atoms in total. The Labute approximate surface area is 56.3 Å². The van der Waals surface area contributed by atoms with Gasteiger partial charge in [-0.15, -0.1) is 13.2 Å². The van der Waals surface area contributed by atoms with E-state index in [1.807, 2.05) is 9.46 Å². The molecule has 0 saturated heterocycles. The first-order chi connectivity index (χ1) is 4.83. The predicted molar refractivity (Wildman–Crippen MR) is 19.1 cm³/mol. The van der Waals surface area contributed by atoms with E-state index < -0.39 is 14.2 Å². The zero-order valence-corrected chi connectivity index (χ0v) is 5.36. The smallest absolute Gasteiger partial charge is 0.222 e. The average Bonchev–Trinajstić information content (AvgIpc) is 1.84. The second kappa shape index (κ2) is 3.44. The molecule has 0 saturated carbocycles. The minimum Gasteiger partial charge on any atom is -0.222 e. The number of halogens is 5. The third-order valence-electron chi connectivity index (χ3n) is 0.384. The molecule has 0 atom stereocenters. The van der Waals surface area contributed by atoms with Crippen LogP contribution in [0.4, 0.5) is 22.2 Å². The second-order valence-electron chi connectivity index (χ2n) is 1.12. The summed E-state index contributed by atoms with van der Waals surface area (Å²) in [6, 6.07) is 0. The zero-order valence-electron chi connectivity index (χ0n) is 4.47. The molecular formula is CF5O4P. The Morgan fingerprint density at radius 1 is 1.09 bits per heavy atom. The van der Waals surface area contributed by atoms with Gasteiger partial charge in [-0.2, -0.15) is 4.52 Å². The van der Waals surface area contributed by atoms with Gasteiger partial charge in [-0.3, -0.25) is 0 Å². The van der Waals surface area contributed by atoms with Crippen LogP contribution in [0.3, 0.4) is 0 Å². The lowest BCUT2D eigenvalue weighted by atomic mass is 11.4. The van der Waals surface area contributed by atoms with Crippen LogP contribution in [-0.2, 0) is 18.5 Å². The third-order valence-corrected chi connectivity index (χ3v) is 1.15. The van der Waals surface area contributed by atoms with E-state index in [1.54, 1.807) is 0 Å². The van der Waals surface area contributed by atoms with Crippen LogP contribution < -0.4 is 0 Å². The van der Waals surface area contributed by atoms with Crippen molar-refractivity contribution >= 4 is 7.82 Å². The highest BCUT2D eigenvalue weighted by atomic mass is 31.2. The van der Waals surface area contributed by atoms with Gasteiger partial charge in [0.05, 0.1) is 0 Å². The minimum atomic E-state index is -5.76. The minimum absolute atomic E-state index is 1.98. The van der Waals surface area contributed by atoms with Crippen molar-refractivity contribution in [3.63, 3.8) is 0 Å². The van der Waals surface area contributed by atoms with Gasteiger partial charge in [-0.25, -0.2) is 4.57 Å². The average molecular weight is 202 g/mol. The van der Waals surface area contributed by atoms with E-state index >= 15 is 0 Å². The number of hydrogen-bond donors (Lipinski definition) is 0. The van der Waals surface area contributed by atoms with E-state index in [0.29, 0.717) is 0 Å². The maximum atomic E-state index is 11.0. The molecule has 0 aromatic carbocycles. The fraction of sp³-hybridized carbons (Fsp3) is 1.00. The molecule has 0 aliphatic rings. The molecule has 0 radical (unpaired) electrons. The zero-order chi connectivity index (χ0) is 9.12. The van der Waals surface area contributed by atoms with Crippen LogP contribution >= 0.6 is 7.82 Å². The molecule has 10 heteroatoms. The number of rotatable bonds is 3. The fourth-order valence-electron chi connectivity index (χ4n) is 0.166. The predicted octanol–water partition coefficient (Wildman–Crippen LogP) is 2.43. The summed E-state index contributed by atoms with van der Waals surface area (Å²) in [5, 5.41) is 0. The summed E-state index contributed by atoms with van der Waals surface area (Å²) in [6.45, 7) is 0. The quantitative estimate of drug-likeness (QED) is 0.520. The van der Waals surface area contributed by atoms with Gasteiger partial charge < -0.3 is 0 Å². The fourth-order valence-corrected chi connectivity index (χ4v) is 0.497. The number of alkyl halides is 3. The van der Waals surface area contributed by atoms with E-state index in [0.717, 1.165) is 0 Å². The van der Waals surface area contributed by atoms with Crippen molar-refractivity contribution in [2.24, 2.45) is 0 Å². The Hall–Kier alpha value is -0.240. The highest BCUT2D eigenvalue weighted by Gasteiger charge is 2.45. The van der Waals surface area contributed by atoms with Gasteiger partial charge in [0.25, 0.3) is 0 Å². The van der Waals surface area contributed by atoms with Gasteiger partial charge in [0.2, 0.25) is 0 Å². The first kappa shape index (κ1) is 10.8. The molecule has 0 aromatic heterocycles. The van der Waals surface area contributed by atoms with Crippen LogP contribution in [0.5, 0.6) is 0 Å². The number of hydrogen-bond acceptors (Lipinski definition) is 4. The van der Waals surface area contributed by atoms with E-state index in [9.17, 15) is 26.8 Å². The van der Waals surface area contributed by atoms with Crippen molar-refractivity contribution < 1.29 is 40.8 Å². The van der Waals surface area contributed by atoms with E-state index in [2.05, 4.69) is 4.52 Å². The molecule has 0 bridgehead atoms. The highest BCUT2D eigenvalue weighted by Crippen LogP contribution is 2.54. The molecule has 11 heavy (non-hydrogen) atoms. The van der Waals surface area contributed by atoms with Crippen molar-refractivity contribution in [2.75, 3.05) is 0 Å². The molecular weight excluding hydrogens is 202 g/mol. The molecule has 0 amide bonds. The first-order valence-electron chi connectivity index (χ1n) is 1.81. The summed E-state index contributed by atoms with van der Waals surface area (Å²) in [7, 11) is -5.76. The first-order valence-corrected chi connectivity index (χ1v) is 3.27. The lowest BCUT2D eigenvalue weighted by molar-refractivity contribution is -0.296. The lowest BCUT2D eigenvalue weighted by Crippen LogP contribution is -2.11. The molecule has 0 N–H and O–H groups in total. The van der Waals surface area contributed by atoms with Crippen molar-refractivity contribution in [2.45, 2.75) is 6.36 Å². The molecule has 0 fully saturated rings. The summed E-state index contributed by atoms with van der Waals surface area (Å²) < 4.78 is 70.8. The summed E-state index contributed by atoms with van der Waals surface area (Å²) in [5.41, 5.74) is 0.